The smallest absolute Gasteiger partial charge is 0.493 e. The summed E-state index contributed by atoms with van der Waals surface area (Å²) in [7, 11) is 3.16. The van der Waals surface area contributed by atoms with Crippen LogP contribution in [0.2, 0.25) is 0 Å². The van der Waals surface area contributed by atoms with Crippen LogP contribution < -0.4 is 9.47 Å². The molecule has 16 nitrogen and oxygen atoms in total. The van der Waals surface area contributed by atoms with Crippen LogP contribution in [0.4, 0.5) is 14.4 Å². The van der Waals surface area contributed by atoms with Crippen LogP contribution in [0.3, 0.4) is 0 Å². The Morgan fingerprint density at radius 1 is 0.330 bits per heavy atom. The van der Waals surface area contributed by atoms with Crippen molar-refractivity contribution in [2.45, 2.75) is 278 Å². The molecule has 0 aliphatic carbocycles. The number of carbonyl (C=O) groups excluding carboxylic acids is 5. The molecule has 0 aliphatic rings. The zero-order valence-electron chi connectivity index (χ0n) is 56.2. The zero-order chi connectivity index (χ0) is 63.6. The maximum atomic E-state index is 13.0. The van der Waals surface area contributed by atoms with E-state index < -0.39 is 18.5 Å². The Balaban J connectivity index is 1.86. The van der Waals surface area contributed by atoms with Crippen molar-refractivity contribution in [3.63, 3.8) is 0 Å². The molecule has 0 bridgehead atoms. The first-order chi connectivity index (χ1) is 43.1. The van der Waals surface area contributed by atoms with Gasteiger partial charge in [-0.05, 0) is 153 Å². The molecule has 2 rings (SSSR count). The fraction of sp³-hybridized carbons (Fsp3) is 0.817. The highest BCUT2D eigenvalue weighted by atomic mass is 32.1. The number of ether oxygens (including phenoxy) is 9. The number of fused-ring (bicyclic) bond motifs is 1. The third-order valence-corrected chi connectivity index (χ3v) is 17.2. The summed E-state index contributed by atoms with van der Waals surface area (Å²) in [4.78, 5) is 68.2. The molecule has 0 radical (unpaired) electrons. The number of hydrogen-bond acceptors (Lipinski definition) is 17. The highest BCUT2D eigenvalue weighted by Crippen LogP contribution is 2.37. The van der Waals surface area contributed by atoms with E-state index in [1.807, 2.05) is 18.2 Å². The quantitative estimate of drug-likeness (QED) is 0.0264. The zero-order valence-corrected chi connectivity index (χ0v) is 57.0. The average molecular weight is 1260 g/mol. The summed E-state index contributed by atoms with van der Waals surface area (Å²) in [5.74, 6) is 0.762. The molecular formula is C71H124N2O14S. The first-order valence-electron chi connectivity index (χ1n) is 35.3. The lowest BCUT2D eigenvalue weighted by Gasteiger charge is -2.26. The number of rotatable bonds is 62. The van der Waals surface area contributed by atoms with Crippen LogP contribution in [-0.4, -0.2) is 140 Å². The van der Waals surface area contributed by atoms with Crippen molar-refractivity contribution in [2.75, 3.05) is 99.7 Å². The topological polar surface area (TPSA) is 175 Å². The van der Waals surface area contributed by atoms with Crippen LogP contribution in [0, 0.1) is 0 Å². The lowest BCUT2D eigenvalue weighted by molar-refractivity contribution is -0.143. The van der Waals surface area contributed by atoms with Crippen LogP contribution in [0.25, 0.3) is 10.1 Å². The SMILES string of the molecule is CCCCCCCCCCOC(=O)OCCCCCN(CCCCCCOC(=O)CCC(=O)c1cc2cc(OC)c(OC)cc2s1)CCCN(CCCCCOC(=O)OCCCCCCCCCC)CCCCCOC(=O)OCCCCCCCCCC. The van der Waals surface area contributed by atoms with E-state index in [4.69, 9.17) is 42.6 Å². The van der Waals surface area contributed by atoms with E-state index in [0.717, 1.165) is 178 Å². The van der Waals surface area contributed by atoms with Gasteiger partial charge in [0.2, 0.25) is 0 Å². The van der Waals surface area contributed by atoms with E-state index in [2.05, 4.69) is 30.6 Å². The molecule has 1 aromatic carbocycles. The Labute approximate surface area is 537 Å². The van der Waals surface area contributed by atoms with E-state index in [1.54, 1.807) is 14.2 Å². The van der Waals surface area contributed by atoms with E-state index in [0.29, 0.717) is 62.6 Å². The second-order valence-electron chi connectivity index (χ2n) is 23.9. The first kappa shape index (κ1) is 79.7. The number of unbranched alkanes of at least 4 members (excludes halogenated alkanes) is 30. The fourth-order valence-electron chi connectivity index (χ4n) is 10.7. The lowest BCUT2D eigenvalue weighted by Crippen LogP contribution is -2.32. The monoisotopic (exact) mass is 1260 g/mol. The van der Waals surface area contributed by atoms with Gasteiger partial charge in [-0.25, -0.2) is 14.4 Å². The van der Waals surface area contributed by atoms with E-state index in [-0.39, 0.29) is 24.6 Å². The summed E-state index contributed by atoms with van der Waals surface area (Å²) in [6, 6.07) is 5.56. The minimum Gasteiger partial charge on any atom is -0.493 e. The fourth-order valence-corrected chi connectivity index (χ4v) is 11.7. The number of hydrogen-bond donors (Lipinski definition) is 0. The molecule has 0 saturated heterocycles. The molecule has 2 aromatic rings. The lowest BCUT2D eigenvalue weighted by atomic mass is 10.1. The number of benzene rings is 1. The predicted molar refractivity (Wildman–Crippen MR) is 357 cm³/mol. The number of thiophene rings is 1. The molecule has 1 heterocycles. The normalized spacial score (nSPS) is 11.4. The molecule has 508 valence electrons. The van der Waals surface area contributed by atoms with Gasteiger partial charge in [-0.15, -0.1) is 11.3 Å². The van der Waals surface area contributed by atoms with Gasteiger partial charge in [0, 0.05) is 17.2 Å². The van der Waals surface area contributed by atoms with Gasteiger partial charge in [-0.1, -0.05) is 168 Å². The summed E-state index contributed by atoms with van der Waals surface area (Å²) in [5.41, 5.74) is 0. The number of methoxy groups -OCH3 is 2. The van der Waals surface area contributed by atoms with Gasteiger partial charge in [0.15, 0.2) is 17.3 Å². The Morgan fingerprint density at radius 2 is 0.614 bits per heavy atom. The van der Waals surface area contributed by atoms with Crippen LogP contribution in [-0.2, 0) is 38.0 Å². The summed E-state index contributed by atoms with van der Waals surface area (Å²) in [6.07, 6.45) is 39.9. The van der Waals surface area contributed by atoms with Crippen molar-refractivity contribution in [1.82, 2.24) is 9.80 Å². The van der Waals surface area contributed by atoms with E-state index in [1.165, 1.54) is 127 Å². The molecule has 0 saturated carbocycles. The minimum atomic E-state index is -0.568. The molecule has 0 fully saturated rings. The van der Waals surface area contributed by atoms with Gasteiger partial charge in [0.25, 0.3) is 0 Å². The van der Waals surface area contributed by atoms with Crippen molar-refractivity contribution < 1.29 is 66.6 Å². The van der Waals surface area contributed by atoms with Crippen molar-refractivity contribution in [3.8, 4) is 11.5 Å². The van der Waals surface area contributed by atoms with Crippen molar-refractivity contribution in [3.05, 3.63) is 23.1 Å². The Bertz CT molecular complexity index is 1930. The van der Waals surface area contributed by atoms with Crippen LogP contribution in [0.1, 0.15) is 287 Å². The molecule has 0 aliphatic heterocycles. The highest BCUT2D eigenvalue weighted by Gasteiger charge is 2.17. The van der Waals surface area contributed by atoms with Gasteiger partial charge in [-0.2, -0.15) is 0 Å². The predicted octanol–water partition coefficient (Wildman–Crippen LogP) is 19.4. The van der Waals surface area contributed by atoms with Crippen molar-refractivity contribution in [1.29, 1.82) is 0 Å². The maximum absolute atomic E-state index is 13.0. The molecule has 88 heavy (non-hydrogen) atoms. The summed E-state index contributed by atoms with van der Waals surface area (Å²) in [6.45, 7) is 15.1. The second kappa shape index (κ2) is 57.8. The third kappa shape index (κ3) is 45.0. The Kier molecular flexibility index (Phi) is 52.4. The number of nitrogens with zero attached hydrogens (tertiary/aromatic N) is 2. The molecule has 1 aromatic heterocycles. The standard InChI is InChI=1S/C71H124N2O14S/c1-6-9-12-15-18-21-25-37-53-82-69(76)85-56-40-29-33-47-72(46-32-24-28-36-52-81-68(75)45-44-63(74)67-60-62-59-64(79-4)65(80-5)61-66(62)88-67)50-43-51-73(48-34-30-41-57-86-70(77)83-54-38-26-22-19-16-13-10-7-2)49-35-31-42-58-87-71(78)84-55-39-27-23-20-17-14-11-8-3/h59-61H,6-58H2,1-5H3. The number of ketones is 1. The third-order valence-electron chi connectivity index (χ3n) is 16.1. The largest absolute Gasteiger partial charge is 0.508 e. The molecule has 0 amide bonds. The van der Waals surface area contributed by atoms with Gasteiger partial charge >= 0.3 is 24.4 Å². The molecule has 0 spiro atoms. The average Bonchev–Trinajstić information content (AvgIpc) is 2.62. The summed E-state index contributed by atoms with van der Waals surface area (Å²) in [5, 5.41) is 0.894. The first-order valence-corrected chi connectivity index (χ1v) is 36.1. The molecule has 0 N–H and O–H groups in total. The minimum absolute atomic E-state index is 0.0423. The van der Waals surface area contributed by atoms with Crippen molar-refractivity contribution in [2.24, 2.45) is 0 Å². The van der Waals surface area contributed by atoms with Crippen LogP contribution in [0.5, 0.6) is 11.5 Å². The van der Waals surface area contributed by atoms with E-state index in [9.17, 15) is 24.0 Å². The molecular weight excluding hydrogens is 1140 g/mol. The molecule has 17 heteroatoms. The van der Waals surface area contributed by atoms with Crippen LogP contribution >= 0.6 is 11.3 Å². The Morgan fingerprint density at radius 3 is 0.955 bits per heavy atom. The number of carbonyl (C=O) groups is 5. The van der Waals surface area contributed by atoms with Crippen LogP contribution in [0.15, 0.2) is 18.2 Å². The van der Waals surface area contributed by atoms with E-state index >= 15 is 0 Å². The summed E-state index contributed by atoms with van der Waals surface area (Å²) < 4.78 is 49.6. The second-order valence-corrected chi connectivity index (χ2v) is 25.0. The van der Waals surface area contributed by atoms with Gasteiger partial charge < -0.3 is 52.4 Å². The number of Topliss-reactive ketones (excluding diaryl/α,β-unsaturated/α-hetero) is 1. The van der Waals surface area contributed by atoms with Gasteiger partial charge in [0.1, 0.15) is 0 Å². The Hall–Kier alpha value is -4.35. The van der Waals surface area contributed by atoms with Gasteiger partial charge in [0.05, 0.1) is 71.8 Å². The van der Waals surface area contributed by atoms with Gasteiger partial charge in [-0.3, -0.25) is 9.59 Å². The highest BCUT2D eigenvalue weighted by molar-refractivity contribution is 7.20. The maximum Gasteiger partial charge on any atom is 0.508 e. The molecule has 0 atom stereocenters. The number of esters is 1. The van der Waals surface area contributed by atoms with Crippen molar-refractivity contribution >= 4 is 51.6 Å². The summed E-state index contributed by atoms with van der Waals surface area (Å²) >= 11 is 1.38. The molecule has 0 unspecified atom stereocenters.